The van der Waals surface area contributed by atoms with Crippen LogP contribution >= 0.6 is 34.5 Å². The van der Waals surface area contributed by atoms with Crippen LogP contribution in [-0.2, 0) is 17.8 Å². The van der Waals surface area contributed by atoms with E-state index in [0.717, 1.165) is 11.1 Å². The zero-order valence-electron chi connectivity index (χ0n) is 13.7. The van der Waals surface area contributed by atoms with Gasteiger partial charge in [-0.1, -0.05) is 29.3 Å². The molecule has 3 rings (SSSR count). The average molecular weight is 393 g/mol. The second-order valence-electron chi connectivity index (χ2n) is 5.88. The van der Waals surface area contributed by atoms with Crippen LogP contribution in [0.4, 0.5) is 0 Å². The van der Waals surface area contributed by atoms with Gasteiger partial charge in [-0.05, 0) is 52.2 Å². The van der Waals surface area contributed by atoms with E-state index in [1.54, 1.807) is 23.5 Å². The third-order valence-corrected chi connectivity index (χ3v) is 5.62. The fourth-order valence-electron chi connectivity index (χ4n) is 2.73. The highest BCUT2D eigenvalue weighted by Gasteiger charge is 2.22. The molecule has 0 spiro atoms. The summed E-state index contributed by atoms with van der Waals surface area (Å²) in [6.45, 7) is 0.716. The molecule has 0 saturated carbocycles. The van der Waals surface area contributed by atoms with Crippen molar-refractivity contribution in [1.82, 2.24) is 9.47 Å². The zero-order valence-corrected chi connectivity index (χ0v) is 16.1. The maximum absolute atomic E-state index is 12.8. The van der Waals surface area contributed by atoms with E-state index in [1.165, 1.54) is 0 Å². The van der Waals surface area contributed by atoms with Crippen molar-refractivity contribution in [3.63, 3.8) is 0 Å². The molecule has 0 aliphatic rings. The Kier molecular flexibility index (Phi) is 5.84. The van der Waals surface area contributed by atoms with Gasteiger partial charge in [0.2, 0.25) is 5.91 Å². The minimum absolute atomic E-state index is 0.0195. The van der Waals surface area contributed by atoms with Gasteiger partial charge in [0.25, 0.3) is 0 Å². The van der Waals surface area contributed by atoms with Gasteiger partial charge in [-0.2, -0.15) is 11.3 Å². The van der Waals surface area contributed by atoms with Gasteiger partial charge in [0.1, 0.15) is 0 Å². The first-order chi connectivity index (χ1) is 12.0. The van der Waals surface area contributed by atoms with Crippen LogP contribution in [-0.4, -0.2) is 22.4 Å². The molecule has 2 heterocycles. The number of thiophene rings is 1. The Balaban J connectivity index is 1.77. The predicted octanol–water partition coefficient (Wildman–Crippen LogP) is 5.30. The van der Waals surface area contributed by atoms with Gasteiger partial charge in [-0.25, -0.2) is 0 Å². The van der Waals surface area contributed by atoms with Gasteiger partial charge in [-0.15, -0.1) is 0 Å². The molecule has 3 aromatic rings. The molecule has 0 aliphatic heterocycles. The summed E-state index contributed by atoms with van der Waals surface area (Å²) >= 11 is 13.6. The maximum Gasteiger partial charge on any atom is 0.227 e. The molecule has 1 aromatic carbocycles. The van der Waals surface area contributed by atoms with Crippen molar-refractivity contribution in [2.24, 2.45) is 0 Å². The first-order valence-electron chi connectivity index (χ1n) is 7.87. The van der Waals surface area contributed by atoms with E-state index in [0.29, 0.717) is 23.0 Å². The Morgan fingerprint density at radius 3 is 2.60 bits per heavy atom. The third kappa shape index (κ3) is 4.46. The number of aromatic nitrogens is 1. The van der Waals surface area contributed by atoms with E-state index >= 15 is 0 Å². The van der Waals surface area contributed by atoms with E-state index in [-0.39, 0.29) is 11.9 Å². The summed E-state index contributed by atoms with van der Waals surface area (Å²) in [6.07, 6.45) is 4.31. The first-order valence-corrected chi connectivity index (χ1v) is 9.57. The molecule has 25 heavy (non-hydrogen) atoms. The Morgan fingerprint density at radius 2 is 1.96 bits per heavy atom. The minimum Gasteiger partial charge on any atom is -0.352 e. The van der Waals surface area contributed by atoms with Crippen LogP contribution in [0.3, 0.4) is 0 Å². The van der Waals surface area contributed by atoms with Crippen LogP contribution < -0.4 is 0 Å². The molecule has 2 aromatic heterocycles. The molecule has 130 valence electrons. The monoisotopic (exact) mass is 392 g/mol. The minimum atomic E-state index is -0.0195. The number of hydrogen-bond donors (Lipinski definition) is 0. The molecule has 3 nitrogen and oxygen atoms in total. The van der Waals surface area contributed by atoms with Crippen molar-refractivity contribution in [3.8, 4) is 0 Å². The van der Waals surface area contributed by atoms with Gasteiger partial charge in [-0.3, -0.25) is 4.79 Å². The lowest BCUT2D eigenvalue weighted by Gasteiger charge is -2.28. The molecule has 0 fully saturated rings. The quantitative estimate of drug-likeness (QED) is 0.558. The Labute approximate surface area is 161 Å². The second-order valence-corrected chi connectivity index (χ2v) is 7.48. The lowest BCUT2D eigenvalue weighted by molar-refractivity contribution is -0.131. The Bertz CT molecular complexity index is 831. The van der Waals surface area contributed by atoms with Gasteiger partial charge in [0, 0.05) is 26.0 Å². The van der Waals surface area contributed by atoms with Crippen molar-refractivity contribution in [1.29, 1.82) is 0 Å². The van der Waals surface area contributed by atoms with Crippen LogP contribution in [0.15, 0.2) is 59.6 Å². The largest absolute Gasteiger partial charge is 0.352 e. The topological polar surface area (TPSA) is 25.2 Å². The Morgan fingerprint density at radius 1 is 1.20 bits per heavy atom. The molecule has 6 heteroatoms. The molecule has 0 bridgehead atoms. The standard InChI is InChI=1S/C19H18Cl2N2OS/c1-22(19(24)11-14-4-5-16(20)17(21)10-14)18(15-6-9-25-13-15)12-23-7-2-3-8-23/h2-10,13,18H,11-12H2,1H3. The van der Waals surface area contributed by atoms with E-state index in [2.05, 4.69) is 16.0 Å². The smallest absolute Gasteiger partial charge is 0.227 e. The molecule has 0 saturated heterocycles. The van der Waals surface area contributed by atoms with E-state index in [1.807, 2.05) is 47.9 Å². The molecule has 0 N–H and O–H groups in total. The summed E-state index contributed by atoms with van der Waals surface area (Å²) in [7, 11) is 1.85. The van der Waals surface area contributed by atoms with Crippen molar-refractivity contribution in [2.75, 3.05) is 7.05 Å². The summed E-state index contributed by atoms with van der Waals surface area (Å²) < 4.78 is 2.09. The summed E-state index contributed by atoms with van der Waals surface area (Å²) in [6, 6.07) is 11.3. The molecular formula is C19H18Cl2N2OS. The number of amides is 1. The van der Waals surface area contributed by atoms with Crippen LogP contribution in [0.1, 0.15) is 17.2 Å². The van der Waals surface area contributed by atoms with Gasteiger partial charge in [0.05, 0.1) is 22.5 Å². The van der Waals surface area contributed by atoms with E-state index < -0.39 is 0 Å². The van der Waals surface area contributed by atoms with Crippen molar-refractivity contribution in [3.05, 3.63) is 80.7 Å². The number of benzene rings is 1. The van der Waals surface area contributed by atoms with Gasteiger partial charge in [0.15, 0.2) is 0 Å². The lowest BCUT2D eigenvalue weighted by Crippen LogP contribution is -2.34. The summed E-state index contributed by atoms with van der Waals surface area (Å²) in [5, 5.41) is 5.10. The number of hydrogen-bond acceptors (Lipinski definition) is 2. The predicted molar refractivity (Wildman–Crippen MR) is 104 cm³/mol. The number of halogens is 2. The zero-order chi connectivity index (χ0) is 17.8. The number of rotatable bonds is 6. The number of nitrogens with zero attached hydrogens (tertiary/aromatic N) is 2. The first kappa shape index (κ1) is 18.1. The molecule has 0 radical (unpaired) electrons. The third-order valence-electron chi connectivity index (χ3n) is 4.18. The summed E-state index contributed by atoms with van der Waals surface area (Å²) in [5.74, 6) is 0.0433. The number of likely N-dealkylation sites (N-methyl/N-ethyl adjacent to an activating group) is 1. The number of carbonyl (C=O) groups is 1. The fraction of sp³-hybridized carbons (Fsp3) is 0.211. The SMILES string of the molecule is CN(C(=O)Cc1ccc(Cl)c(Cl)c1)C(Cn1cccc1)c1ccsc1. The second kappa shape index (κ2) is 8.09. The highest BCUT2D eigenvalue weighted by atomic mass is 35.5. The van der Waals surface area contributed by atoms with E-state index in [4.69, 9.17) is 23.2 Å². The highest BCUT2D eigenvalue weighted by molar-refractivity contribution is 7.08. The van der Waals surface area contributed by atoms with Gasteiger partial charge < -0.3 is 9.47 Å². The van der Waals surface area contributed by atoms with Crippen molar-refractivity contribution in [2.45, 2.75) is 19.0 Å². The van der Waals surface area contributed by atoms with Crippen LogP contribution in [0, 0.1) is 0 Å². The van der Waals surface area contributed by atoms with Crippen LogP contribution in [0.5, 0.6) is 0 Å². The summed E-state index contributed by atoms with van der Waals surface area (Å²) in [4.78, 5) is 14.6. The van der Waals surface area contributed by atoms with Gasteiger partial charge >= 0.3 is 0 Å². The molecular weight excluding hydrogens is 375 g/mol. The van der Waals surface area contributed by atoms with Crippen molar-refractivity contribution < 1.29 is 4.79 Å². The average Bonchev–Trinajstić information content (AvgIpc) is 3.28. The molecule has 1 amide bonds. The fourth-order valence-corrected chi connectivity index (χ4v) is 3.76. The maximum atomic E-state index is 12.8. The highest BCUT2D eigenvalue weighted by Crippen LogP contribution is 2.26. The molecule has 1 atom stereocenters. The van der Waals surface area contributed by atoms with Crippen LogP contribution in [0.2, 0.25) is 10.0 Å². The number of carbonyl (C=O) groups excluding carboxylic acids is 1. The van der Waals surface area contributed by atoms with Crippen LogP contribution in [0.25, 0.3) is 0 Å². The summed E-state index contributed by atoms with van der Waals surface area (Å²) in [5.41, 5.74) is 2.00. The Hall–Kier alpha value is -1.75. The normalized spacial score (nSPS) is 12.1. The lowest BCUT2D eigenvalue weighted by atomic mass is 10.1. The van der Waals surface area contributed by atoms with E-state index in [9.17, 15) is 4.79 Å². The van der Waals surface area contributed by atoms with Crippen molar-refractivity contribution >= 4 is 40.4 Å². The molecule has 0 aliphatic carbocycles. The molecule has 1 unspecified atom stereocenters.